The Morgan fingerprint density at radius 1 is 1.45 bits per heavy atom. The molecule has 0 spiro atoms. The van der Waals surface area contributed by atoms with Gasteiger partial charge in [0.2, 0.25) is 0 Å². The Morgan fingerprint density at radius 2 is 2.14 bits per heavy atom. The zero-order valence-corrected chi connectivity index (χ0v) is 13.2. The third kappa shape index (κ3) is 3.91. The number of hydrogen-bond acceptors (Lipinski definition) is 6. The van der Waals surface area contributed by atoms with E-state index < -0.39 is 37.8 Å². The fraction of sp³-hybridized carbons (Fsp3) is 0.538. The van der Waals surface area contributed by atoms with Crippen LogP contribution in [0, 0.1) is 0 Å². The summed E-state index contributed by atoms with van der Waals surface area (Å²) >= 11 is 0. The number of amides is 1. The lowest BCUT2D eigenvalue weighted by Crippen LogP contribution is -2.46. The molecule has 1 amide bonds. The van der Waals surface area contributed by atoms with E-state index in [0.717, 1.165) is 0 Å². The molecule has 2 rings (SSSR count). The molecule has 0 radical (unpaired) electrons. The van der Waals surface area contributed by atoms with E-state index in [1.165, 1.54) is 30.2 Å². The molecule has 4 N–H and O–H groups in total. The third-order valence-corrected chi connectivity index (χ3v) is 4.06. The van der Waals surface area contributed by atoms with Gasteiger partial charge in [0.05, 0.1) is 6.61 Å². The molecule has 1 aromatic heterocycles. The van der Waals surface area contributed by atoms with Crippen molar-refractivity contribution in [1.29, 1.82) is 0 Å². The Kier molecular flexibility index (Phi) is 4.99. The van der Waals surface area contributed by atoms with Crippen LogP contribution in [0.25, 0.3) is 0 Å². The van der Waals surface area contributed by atoms with E-state index in [0.29, 0.717) is 0 Å². The van der Waals surface area contributed by atoms with E-state index in [4.69, 9.17) is 15.0 Å². The largest absolute Gasteiger partial charge is 0.387 e. The molecule has 9 heteroatoms. The number of hydrogen-bond donors (Lipinski definition) is 3. The van der Waals surface area contributed by atoms with E-state index in [2.05, 4.69) is 0 Å². The van der Waals surface area contributed by atoms with Crippen LogP contribution in [-0.2, 0) is 13.8 Å². The molecule has 4 atom stereocenters. The summed E-state index contributed by atoms with van der Waals surface area (Å²) in [6.45, 7) is 2.80. The van der Waals surface area contributed by atoms with Crippen molar-refractivity contribution < 1.29 is 33.4 Å². The van der Waals surface area contributed by atoms with Crippen LogP contribution in [0.4, 0.5) is 0 Å². The monoisotopic (exact) mass is 331 g/mol. The summed E-state index contributed by atoms with van der Waals surface area (Å²) in [6, 6.07) is 3.11. The summed E-state index contributed by atoms with van der Waals surface area (Å²) in [6.07, 6.45) is -1.11. The minimum Gasteiger partial charge on any atom is -0.387 e. The zero-order valence-electron chi connectivity index (χ0n) is 12.3. The van der Waals surface area contributed by atoms with Gasteiger partial charge in [-0.1, -0.05) is 0 Å². The van der Waals surface area contributed by atoms with Gasteiger partial charge in [0, 0.05) is 19.4 Å². The Morgan fingerprint density at radius 3 is 2.73 bits per heavy atom. The lowest BCUT2D eigenvalue weighted by atomic mass is 10.1. The van der Waals surface area contributed by atoms with Crippen molar-refractivity contribution >= 4 is 13.3 Å². The molecule has 2 heterocycles. The minimum atomic E-state index is -2.72. The van der Waals surface area contributed by atoms with Gasteiger partial charge < -0.3 is 25.2 Å². The van der Waals surface area contributed by atoms with Crippen LogP contribution < -0.4 is 10.3 Å². The quantitative estimate of drug-likeness (QED) is 0.482. The Balaban J connectivity index is 2.14. The standard InChI is InChI=1S/C13H19N2O6P/c1-22(2,19)20-7-9-10(16)11(17)13(21-9)15-5-3-4-8(6-15)12(14)18/h3-6,9-11,13,16-17H,7H2,1-2H3,(H-,14,18)/p+1/t9-,10+,11?,13-/m1/s1. The first kappa shape index (κ1) is 17.1. The number of aliphatic hydroxyl groups is 2. The van der Waals surface area contributed by atoms with Gasteiger partial charge in [-0.15, -0.1) is 0 Å². The Bertz CT molecular complexity index is 604. The van der Waals surface area contributed by atoms with Crippen molar-refractivity contribution in [2.45, 2.75) is 24.5 Å². The lowest BCUT2D eigenvalue weighted by Gasteiger charge is -2.15. The predicted octanol–water partition coefficient (Wildman–Crippen LogP) is -0.753. The number of carbonyl (C=O) groups is 1. The maximum Gasteiger partial charge on any atom is 0.292 e. The highest BCUT2D eigenvalue weighted by molar-refractivity contribution is 7.57. The average Bonchev–Trinajstić information content (AvgIpc) is 2.72. The fourth-order valence-electron chi connectivity index (χ4n) is 2.16. The van der Waals surface area contributed by atoms with Crippen molar-refractivity contribution in [3.05, 3.63) is 30.1 Å². The second kappa shape index (κ2) is 6.44. The van der Waals surface area contributed by atoms with Gasteiger partial charge >= 0.3 is 0 Å². The normalized spacial score (nSPS) is 28.7. The van der Waals surface area contributed by atoms with E-state index in [1.807, 2.05) is 0 Å². The molecule has 1 aliphatic rings. The van der Waals surface area contributed by atoms with E-state index in [9.17, 15) is 19.6 Å². The summed E-state index contributed by atoms with van der Waals surface area (Å²) in [4.78, 5) is 11.2. The number of ether oxygens (including phenoxy) is 1. The Labute approximate surface area is 127 Å². The second-order valence-electron chi connectivity index (χ2n) is 5.50. The Hall–Kier alpha value is -1.31. The van der Waals surface area contributed by atoms with Crippen molar-refractivity contribution in [2.24, 2.45) is 5.73 Å². The topological polar surface area (TPSA) is 123 Å². The number of primary amides is 1. The molecular weight excluding hydrogens is 311 g/mol. The SMILES string of the molecule is CP(C)(=O)OC[C@H]1O[C@@H]([n+]2cccc(C(N)=O)c2)C(O)[C@H]1O. The molecule has 1 aliphatic heterocycles. The van der Waals surface area contributed by atoms with Crippen molar-refractivity contribution in [3.63, 3.8) is 0 Å². The number of aromatic nitrogens is 1. The first-order valence-electron chi connectivity index (χ1n) is 6.71. The van der Waals surface area contributed by atoms with Crippen LogP contribution in [0.15, 0.2) is 24.5 Å². The summed E-state index contributed by atoms with van der Waals surface area (Å²) < 4.78 is 23.7. The van der Waals surface area contributed by atoms with Gasteiger partial charge in [0.15, 0.2) is 25.9 Å². The zero-order chi connectivity index (χ0) is 16.5. The second-order valence-corrected chi connectivity index (χ2v) is 8.26. The third-order valence-electron chi connectivity index (χ3n) is 3.29. The molecule has 1 saturated heterocycles. The first-order chi connectivity index (χ1) is 10.2. The molecule has 1 fully saturated rings. The van der Waals surface area contributed by atoms with Gasteiger partial charge in [0.1, 0.15) is 17.8 Å². The van der Waals surface area contributed by atoms with Gasteiger partial charge in [-0.3, -0.25) is 9.36 Å². The summed E-state index contributed by atoms with van der Waals surface area (Å²) in [5.41, 5.74) is 5.46. The number of nitrogens with zero attached hydrogens (tertiary/aromatic N) is 1. The summed E-state index contributed by atoms with van der Waals surface area (Å²) in [7, 11) is -2.72. The molecule has 22 heavy (non-hydrogen) atoms. The van der Waals surface area contributed by atoms with E-state index in [-0.39, 0.29) is 12.2 Å². The molecule has 0 aromatic carbocycles. The fourth-order valence-corrected chi connectivity index (χ4v) is 2.67. The molecule has 1 unspecified atom stereocenters. The molecule has 0 bridgehead atoms. The number of rotatable bonds is 5. The van der Waals surface area contributed by atoms with Crippen LogP contribution in [0.2, 0.25) is 0 Å². The summed E-state index contributed by atoms with van der Waals surface area (Å²) in [5, 5.41) is 20.1. The van der Waals surface area contributed by atoms with Gasteiger partial charge in [-0.25, -0.2) is 0 Å². The van der Waals surface area contributed by atoms with Gasteiger partial charge in [-0.2, -0.15) is 4.57 Å². The van der Waals surface area contributed by atoms with Crippen LogP contribution in [-0.4, -0.2) is 54.4 Å². The average molecular weight is 331 g/mol. The highest BCUT2D eigenvalue weighted by Crippen LogP contribution is 2.38. The van der Waals surface area contributed by atoms with Crippen molar-refractivity contribution in [2.75, 3.05) is 19.9 Å². The van der Waals surface area contributed by atoms with Crippen LogP contribution in [0.1, 0.15) is 16.6 Å². The number of aliphatic hydroxyl groups excluding tert-OH is 2. The number of nitrogens with two attached hydrogens (primary N) is 1. The van der Waals surface area contributed by atoms with Gasteiger partial charge in [0.25, 0.3) is 12.1 Å². The van der Waals surface area contributed by atoms with Crippen LogP contribution in [0.3, 0.4) is 0 Å². The first-order valence-corrected chi connectivity index (χ1v) is 9.22. The maximum atomic E-state index is 11.6. The van der Waals surface area contributed by atoms with E-state index in [1.54, 1.807) is 12.3 Å². The molecule has 0 saturated carbocycles. The highest BCUT2D eigenvalue weighted by atomic mass is 31.2. The van der Waals surface area contributed by atoms with E-state index >= 15 is 0 Å². The highest BCUT2D eigenvalue weighted by Gasteiger charge is 2.48. The molecule has 122 valence electrons. The summed E-state index contributed by atoms with van der Waals surface area (Å²) in [5.74, 6) is -0.611. The maximum absolute atomic E-state index is 11.6. The minimum absolute atomic E-state index is 0.102. The van der Waals surface area contributed by atoms with Gasteiger partial charge in [-0.05, 0) is 6.07 Å². The molecular formula is C13H20N2O6P+. The molecule has 0 aliphatic carbocycles. The number of carbonyl (C=O) groups excluding carboxylic acids is 1. The van der Waals surface area contributed by atoms with Crippen molar-refractivity contribution in [3.8, 4) is 0 Å². The van der Waals surface area contributed by atoms with Crippen LogP contribution >= 0.6 is 7.37 Å². The predicted molar refractivity (Wildman–Crippen MR) is 76.5 cm³/mol. The molecule has 1 aromatic rings. The van der Waals surface area contributed by atoms with Crippen molar-refractivity contribution in [1.82, 2.24) is 0 Å². The number of pyridine rings is 1. The van der Waals surface area contributed by atoms with Crippen LogP contribution in [0.5, 0.6) is 0 Å². The molecule has 8 nitrogen and oxygen atoms in total. The smallest absolute Gasteiger partial charge is 0.292 e. The lowest BCUT2D eigenvalue weighted by molar-refractivity contribution is -0.765.